The zero-order valence-corrected chi connectivity index (χ0v) is 11.9. The molecule has 7 heteroatoms. The Bertz CT molecular complexity index is 664. The SMILES string of the molecule is O=C(Cc1noc(C(=O)NCC2CC2)n1)Nc1ccccc1. The van der Waals surface area contributed by atoms with Gasteiger partial charge in [-0.25, -0.2) is 0 Å². The molecule has 114 valence electrons. The van der Waals surface area contributed by atoms with E-state index < -0.39 is 5.91 Å². The second kappa shape index (κ2) is 6.38. The van der Waals surface area contributed by atoms with E-state index in [1.807, 2.05) is 18.2 Å². The van der Waals surface area contributed by atoms with Crippen LogP contribution >= 0.6 is 0 Å². The average molecular weight is 300 g/mol. The molecule has 2 N–H and O–H groups in total. The fourth-order valence-electron chi connectivity index (χ4n) is 1.92. The predicted molar refractivity (Wildman–Crippen MR) is 78.1 cm³/mol. The Balaban J connectivity index is 1.52. The quantitative estimate of drug-likeness (QED) is 0.840. The van der Waals surface area contributed by atoms with E-state index in [2.05, 4.69) is 20.8 Å². The van der Waals surface area contributed by atoms with Crippen LogP contribution in [0.3, 0.4) is 0 Å². The first-order valence-corrected chi connectivity index (χ1v) is 7.16. The van der Waals surface area contributed by atoms with Crippen molar-refractivity contribution in [1.82, 2.24) is 15.5 Å². The van der Waals surface area contributed by atoms with E-state index in [1.165, 1.54) is 0 Å². The average Bonchev–Trinajstić information content (AvgIpc) is 3.23. The van der Waals surface area contributed by atoms with Crippen molar-refractivity contribution in [2.45, 2.75) is 19.3 Å². The number of rotatable bonds is 6. The molecule has 1 aromatic heterocycles. The van der Waals surface area contributed by atoms with Gasteiger partial charge in [-0.05, 0) is 30.9 Å². The van der Waals surface area contributed by atoms with Crippen molar-refractivity contribution in [3.05, 3.63) is 42.0 Å². The van der Waals surface area contributed by atoms with Crippen molar-refractivity contribution in [2.24, 2.45) is 5.92 Å². The first kappa shape index (κ1) is 14.2. The second-order valence-corrected chi connectivity index (χ2v) is 5.26. The molecule has 0 saturated heterocycles. The van der Waals surface area contributed by atoms with Crippen LogP contribution in [0.2, 0.25) is 0 Å². The van der Waals surface area contributed by atoms with Gasteiger partial charge in [0.2, 0.25) is 5.91 Å². The fraction of sp³-hybridized carbons (Fsp3) is 0.333. The molecule has 2 amide bonds. The molecule has 1 heterocycles. The van der Waals surface area contributed by atoms with Crippen molar-refractivity contribution in [3.8, 4) is 0 Å². The lowest BCUT2D eigenvalue weighted by Gasteiger charge is -2.02. The molecule has 1 fully saturated rings. The first-order valence-electron chi connectivity index (χ1n) is 7.16. The fourth-order valence-corrected chi connectivity index (χ4v) is 1.92. The van der Waals surface area contributed by atoms with Crippen LogP contribution in [0.4, 0.5) is 5.69 Å². The molecule has 0 atom stereocenters. The van der Waals surface area contributed by atoms with Crippen molar-refractivity contribution < 1.29 is 14.1 Å². The van der Waals surface area contributed by atoms with E-state index in [1.54, 1.807) is 12.1 Å². The number of anilines is 1. The summed E-state index contributed by atoms with van der Waals surface area (Å²) < 4.78 is 4.88. The Kier molecular flexibility index (Phi) is 4.13. The van der Waals surface area contributed by atoms with E-state index in [0.29, 0.717) is 18.2 Å². The number of hydrogen-bond acceptors (Lipinski definition) is 5. The highest BCUT2D eigenvalue weighted by Crippen LogP contribution is 2.27. The van der Waals surface area contributed by atoms with Gasteiger partial charge in [-0.1, -0.05) is 23.4 Å². The van der Waals surface area contributed by atoms with Gasteiger partial charge in [-0.2, -0.15) is 4.98 Å². The number of carbonyl (C=O) groups is 2. The molecule has 22 heavy (non-hydrogen) atoms. The summed E-state index contributed by atoms with van der Waals surface area (Å²) in [5, 5.41) is 9.10. The lowest BCUT2D eigenvalue weighted by molar-refractivity contribution is -0.115. The second-order valence-electron chi connectivity index (χ2n) is 5.26. The van der Waals surface area contributed by atoms with Crippen LogP contribution in [0.25, 0.3) is 0 Å². The topological polar surface area (TPSA) is 97.1 Å². The number of nitrogens with zero attached hydrogens (tertiary/aromatic N) is 2. The summed E-state index contributed by atoms with van der Waals surface area (Å²) in [6, 6.07) is 9.08. The molecule has 1 aromatic carbocycles. The molecule has 0 radical (unpaired) electrons. The molecule has 0 bridgehead atoms. The Labute approximate surface area is 127 Å². The van der Waals surface area contributed by atoms with E-state index in [4.69, 9.17) is 4.52 Å². The third kappa shape index (κ3) is 3.91. The molecular formula is C15H16N4O3. The molecule has 3 rings (SSSR count). The summed E-state index contributed by atoms with van der Waals surface area (Å²) in [6.45, 7) is 0.630. The molecular weight excluding hydrogens is 284 g/mol. The summed E-state index contributed by atoms with van der Waals surface area (Å²) in [5.74, 6) is -0.0118. The van der Waals surface area contributed by atoms with Gasteiger partial charge in [0.1, 0.15) is 0 Å². The number of hydrogen-bond donors (Lipinski definition) is 2. The van der Waals surface area contributed by atoms with E-state index in [0.717, 1.165) is 12.8 Å². The van der Waals surface area contributed by atoms with E-state index >= 15 is 0 Å². The van der Waals surface area contributed by atoms with Gasteiger partial charge in [0.25, 0.3) is 0 Å². The largest absolute Gasteiger partial charge is 0.348 e. The number of nitrogens with one attached hydrogen (secondary N) is 2. The van der Waals surface area contributed by atoms with Crippen molar-refractivity contribution in [1.29, 1.82) is 0 Å². The maximum Gasteiger partial charge on any atom is 0.315 e. The number of aromatic nitrogens is 2. The molecule has 0 aliphatic heterocycles. The lowest BCUT2D eigenvalue weighted by Crippen LogP contribution is -2.25. The first-order chi connectivity index (χ1) is 10.7. The summed E-state index contributed by atoms with van der Waals surface area (Å²) in [6.07, 6.45) is 2.25. The van der Waals surface area contributed by atoms with Gasteiger partial charge in [0.05, 0.1) is 6.42 Å². The van der Waals surface area contributed by atoms with Gasteiger partial charge in [0.15, 0.2) is 5.82 Å². The Hall–Kier alpha value is -2.70. The highest BCUT2D eigenvalue weighted by molar-refractivity contribution is 5.92. The standard InChI is InChI=1S/C15H16N4O3/c20-13(17-11-4-2-1-3-5-11)8-12-18-15(22-19-12)14(21)16-9-10-6-7-10/h1-5,10H,6-9H2,(H,16,21)(H,17,20). The number of benzene rings is 1. The minimum absolute atomic E-state index is 0.0473. The maximum atomic E-state index is 11.9. The van der Waals surface area contributed by atoms with E-state index in [-0.39, 0.29) is 24.0 Å². The van der Waals surface area contributed by atoms with Gasteiger partial charge in [-0.15, -0.1) is 0 Å². The number of carbonyl (C=O) groups excluding carboxylic acids is 2. The van der Waals surface area contributed by atoms with Gasteiger partial charge in [0, 0.05) is 12.2 Å². The van der Waals surface area contributed by atoms with Crippen LogP contribution < -0.4 is 10.6 Å². The van der Waals surface area contributed by atoms with Gasteiger partial charge >= 0.3 is 11.8 Å². The molecule has 2 aromatic rings. The Morgan fingerprint density at radius 2 is 2.00 bits per heavy atom. The van der Waals surface area contributed by atoms with Crippen molar-refractivity contribution in [2.75, 3.05) is 11.9 Å². The highest BCUT2D eigenvalue weighted by atomic mass is 16.5. The number of para-hydroxylation sites is 1. The van der Waals surface area contributed by atoms with Crippen LogP contribution in [0, 0.1) is 5.92 Å². The minimum atomic E-state index is -0.394. The molecule has 7 nitrogen and oxygen atoms in total. The van der Waals surface area contributed by atoms with Crippen LogP contribution in [0.15, 0.2) is 34.9 Å². The highest BCUT2D eigenvalue weighted by Gasteiger charge is 2.23. The Morgan fingerprint density at radius 1 is 1.23 bits per heavy atom. The summed E-state index contributed by atoms with van der Waals surface area (Å²) >= 11 is 0. The molecule has 1 saturated carbocycles. The van der Waals surface area contributed by atoms with Crippen LogP contribution in [0.1, 0.15) is 29.4 Å². The van der Waals surface area contributed by atoms with E-state index in [9.17, 15) is 9.59 Å². The maximum absolute atomic E-state index is 11.9. The molecule has 0 spiro atoms. The third-order valence-electron chi connectivity index (χ3n) is 3.29. The van der Waals surface area contributed by atoms with Gasteiger partial charge < -0.3 is 15.2 Å². The van der Waals surface area contributed by atoms with Crippen molar-refractivity contribution >= 4 is 17.5 Å². The molecule has 1 aliphatic carbocycles. The van der Waals surface area contributed by atoms with Crippen LogP contribution in [0.5, 0.6) is 0 Å². The smallest absolute Gasteiger partial charge is 0.315 e. The van der Waals surface area contributed by atoms with Crippen molar-refractivity contribution in [3.63, 3.8) is 0 Å². The summed E-state index contributed by atoms with van der Waals surface area (Å²) in [4.78, 5) is 27.5. The molecule has 1 aliphatic rings. The summed E-state index contributed by atoms with van der Waals surface area (Å²) in [7, 11) is 0. The third-order valence-corrected chi connectivity index (χ3v) is 3.29. The van der Waals surface area contributed by atoms with Gasteiger partial charge in [-0.3, -0.25) is 9.59 Å². The summed E-state index contributed by atoms with van der Waals surface area (Å²) in [5.41, 5.74) is 0.693. The predicted octanol–water partition coefficient (Wildman–Crippen LogP) is 1.39. The zero-order valence-electron chi connectivity index (χ0n) is 11.9. The number of amides is 2. The Morgan fingerprint density at radius 3 is 2.73 bits per heavy atom. The van der Waals surface area contributed by atoms with Crippen LogP contribution in [-0.4, -0.2) is 28.5 Å². The zero-order chi connectivity index (χ0) is 15.4. The lowest BCUT2D eigenvalue weighted by atomic mass is 10.3. The molecule has 0 unspecified atom stereocenters. The minimum Gasteiger partial charge on any atom is -0.348 e. The normalized spacial score (nSPS) is 13.6. The van der Waals surface area contributed by atoms with Crippen LogP contribution in [-0.2, 0) is 11.2 Å². The monoisotopic (exact) mass is 300 g/mol.